The molecule has 10 heteroatoms. The number of carbonyl (C=O) groups excluding carboxylic acids is 2. The van der Waals surface area contributed by atoms with Crippen molar-refractivity contribution in [2.75, 3.05) is 46.3 Å². The Balaban J connectivity index is 1.40. The highest BCUT2D eigenvalue weighted by Crippen LogP contribution is 2.32. The second kappa shape index (κ2) is 12.0. The van der Waals surface area contributed by atoms with Crippen LogP contribution in [0.1, 0.15) is 18.1 Å². The first kappa shape index (κ1) is 24.9. The fourth-order valence-corrected chi connectivity index (χ4v) is 3.69. The van der Waals surface area contributed by atoms with E-state index in [1.807, 2.05) is 19.1 Å². The first-order valence-electron chi connectivity index (χ1n) is 11.6. The van der Waals surface area contributed by atoms with Crippen LogP contribution in [0, 0.1) is 11.3 Å². The Hall–Kier alpha value is -4.23. The molecule has 36 heavy (non-hydrogen) atoms. The first-order valence-corrected chi connectivity index (χ1v) is 11.6. The van der Waals surface area contributed by atoms with E-state index in [-0.39, 0.29) is 31.4 Å². The largest absolute Gasteiger partial charge is 0.490 e. The van der Waals surface area contributed by atoms with Gasteiger partial charge in [-0.15, -0.1) is 0 Å². The van der Waals surface area contributed by atoms with E-state index in [0.29, 0.717) is 61.5 Å². The fourth-order valence-electron chi connectivity index (χ4n) is 3.69. The molecular formula is C26H27N3O7. The molecular weight excluding hydrogens is 466 g/mol. The van der Waals surface area contributed by atoms with Gasteiger partial charge in [0.05, 0.1) is 19.8 Å². The van der Waals surface area contributed by atoms with Gasteiger partial charge in [-0.2, -0.15) is 5.26 Å². The van der Waals surface area contributed by atoms with Gasteiger partial charge < -0.3 is 33.9 Å². The highest BCUT2D eigenvalue weighted by atomic mass is 16.7. The highest BCUT2D eigenvalue weighted by Gasteiger charge is 2.19. The van der Waals surface area contributed by atoms with Crippen molar-refractivity contribution in [1.29, 1.82) is 5.26 Å². The van der Waals surface area contributed by atoms with E-state index in [9.17, 15) is 14.9 Å². The van der Waals surface area contributed by atoms with Crippen LogP contribution < -0.4 is 24.3 Å². The van der Waals surface area contributed by atoms with Crippen molar-refractivity contribution in [1.82, 2.24) is 10.2 Å². The van der Waals surface area contributed by atoms with Crippen LogP contribution in [-0.2, 0) is 20.9 Å². The Labute approximate surface area is 208 Å². The molecule has 4 rings (SSSR count). The van der Waals surface area contributed by atoms with Gasteiger partial charge in [0.15, 0.2) is 29.6 Å². The topological polar surface area (TPSA) is 119 Å². The number of amides is 2. The lowest BCUT2D eigenvalue weighted by Gasteiger charge is -2.26. The van der Waals surface area contributed by atoms with E-state index in [4.69, 9.17) is 23.7 Å². The molecule has 2 aliphatic heterocycles. The van der Waals surface area contributed by atoms with Crippen LogP contribution in [-0.4, -0.2) is 63.0 Å². The Morgan fingerprint density at radius 2 is 1.89 bits per heavy atom. The molecule has 0 unspecified atom stereocenters. The van der Waals surface area contributed by atoms with Gasteiger partial charge in [-0.1, -0.05) is 12.1 Å². The Kier molecular flexibility index (Phi) is 8.26. The number of nitrogens with one attached hydrogen (secondary N) is 1. The maximum Gasteiger partial charge on any atom is 0.262 e. The summed E-state index contributed by atoms with van der Waals surface area (Å²) in [5, 5.41) is 12.3. The van der Waals surface area contributed by atoms with Crippen molar-refractivity contribution in [3.63, 3.8) is 0 Å². The van der Waals surface area contributed by atoms with E-state index in [0.717, 1.165) is 5.56 Å². The quantitative estimate of drug-likeness (QED) is 0.417. The minimum atomic E-state index is -0.510. The molecule has 0 atom stereocenters. The summed E-state index contributed by atoms with van der Waals surface area (Å²) in [6.45, 7) is 4.59. The standard InChI is InChI=1S/C26H27N3O7/c1-2-33-23-12-18(3-5-21(23)34-16-25(30)29-7-9-32-10-8-29)11-20(14-27)26(31)28-15-19-4-6-22-24(13-19)36-17-35-22/h3-6,11-13H,2,7-10,15-17H2,1H3,(H,28,31)/b20-11+. The molecule has 1 N–H and O–H groups in total. The van der Waals surface area contributed by atoms with E-state index < -0.39 is 5.91 Å². The molecule has 2 aliphatic rings. The number of nitrogens with zero attached hydrogens (tertiary/aromatic N) is 2. The molecule has 188 valence electrons. The summed E-state index contributed by atoms with van der Waals surface area (Å²) in [5.74, 6) is 1.46. The van der Waals surface area contributed by atoms with Gasteiger partial charge in [0.2, 0.25) is 6.79 Å². The van der Waals surface area contributed by atoms with E-state index in [1.54, 1.807) is 35.2 Å². The molecule has 0 bridgehead atoms. The molecule has 0 aliphatic carbocycles. The molecule has 1 fully saturated rings. The zero-order chi connectivity index (χ0) is 25.3. The maximum atomic E-state index is 12.6. The normalized spacial score (nSPS) is 14.7. The minimum Gasteiger partial charge on any atom is -0.490 e. The van der Waals surface area contributed by atoms with Crippen molar-refractivity contribution in [3.8, 4) is 29.1 Å². The number of benzene rings is 2. The molecule has 2 aromatic carbocycles. The highest BCUT2D eigenvalue weighted by molar-refractivity contribution is 6.01. The number of rotatable bonds is 9. The van der Waals surface area contributed by atoms with Gasteiger partial charge in [-0.05, 0) is 48.4 Å². The molecule has 0 saturated carbocycles. The Bertz CT molecular complexity index is 1180. The van der Waals surface area contributed by atoms with Crippen molar-refractivity contribution in [2.45, 2.75) is 13.5 Å². The number of hydrogen-bond acceptors (Lipinski definition) is 8. The second-order valence-corrected chi connectivity index (χ2v) is 7.96. The third-order valence-electron chi connectivity index (χ3n) is 5.55. The van der Waals surface area contributed by atoms with Crippen LogP contribution in [0.4, 0.5) is 0 Å². The van der Waals surface area contributed by atoms with Crippen molar-refractivity contribution in [2.24, 2.45) is 0 Å². The first-order chi connectivity index (χ1) is 17.6. The summed E-state index contributed by atoms with van der Waals surface area (Å²) in [7, 11) is 0. The van der Waals surface area contributed by atoms with Gasteiger partial charge in [0.25, 0.3) is 11.8 Å². The van der Waals surface area contributed by atoms with Crippen LogP contribution >= 0.6 is 0 Å². The smallest absolute Gasteiger partial charge is 0.262 e. The lowest BCUT2D eigenvalue weighted by atomic mass is 10.1. The molecule has 10 nitrogen and oxygen atoms in total. The Morgan fingerprint density at radius 1 is 1.08 bits per heavy atom. The minimum absolute atomic E-state index is 0.0608. The molecule has 0 spiro atoms. The van der Waals surface area contributed by atoms with Crippen molar-refractivity contribution < 1.29 is 33.3 Å². The van der Waals surface area contributed by atoms with Gasteiger partial charge in [-0.25, -0.2) is 0 Å². The zero-order valence-corrected chi connectivity index (χ0v) is 20.0. The summed E-state index contributed by atoms with van der Waals surface area (Å²) in [6.07, 6.45) is 1.47. The maximum absolute atomic E-state index is 12.6. The van der Waals surface area contributed by atoms with Crippen LogP contribution in [0.15, 0.2) is 42.0 Å². The van der Waals surface area contributed by atoms with E-state index in [2.05, 4.69) is 5.32 Å². The third kappa shape index (κ3) is 6.25. The number of fused-ring (bicyclic) bond motifs is 1. The average Bonchev–Trinajstić information content (AvgIpc) is 3.38. The predicted molar refractivity (Wildman–Crippen MR) is 129 cm³/mol. The molecule has 2 amide bonds. The van der Waals surface area contributed by atoms with Crippen LogP contribution in [0.5, 0.6) is 23.0 Å². The SMILES string of the molecule is CCOc1cc(/C=C(\C#N)C(=O)NCc2ccc3c(c2)OCO3)ccc1OCC(=O)N1CCOCC1. The number of carbonyl (C=O) groups is 2. The molecule has 2 heterocycles. The lowest BCUT2D eigenvalue weighted by molar-refractivity contribution is -0.137. The summed E-state index contributed by atoms with van der Waals surface area (Å²) in [5.41, 5.74) is 1.34. The van der Waals surface area contributed by atoms with Gasteiger partial charge in [-0.3, -0.25) is 9.59 Å². The fraction of sp³-hybridized carbons (Fsp3) is 0.346. The average molecular weight is 494 g/mol. The van der Waals surface area contributed by atoms with E-state index >= 15 is 0 Å². The molecule has 2 aromatic rings. The Morgan fingerprint density at radius 3 is 2.67 bits per heavy atom. The van der Waals surface area contributed by atoms with Crippen molar-refractivity contribution >= 4 is 17.9 Å². The van der Waals surface area contributed by atoms with Crippen molar-refractivity contribution in [3.05, 3.63) is 53.1 Å². The monoisotopic (exact) mass is 493 g/mol. The van der Waals surface area contributed by atoms with Gasteiger partial charge in [0, 0.05) is 19.6 Å². The van der Waals surface area contributed by atoms with Crippen LogP contribution in [0.2, 0.25) is 0 Å². The summed E-state index contributed by atoms with van der Waals surface area (Å²) >= 11 is 0. The van der Waals surface area contributed by atoms with E-state index in [1.165, 1.54) is 6.08 Å². The van der Waals surface area contributed by atoms with Crippen LogP contribution in [0.3, 0.4) is 0 Å². The number of nitriles is 1. The summed E-state index contributed by atoms with van der Waals surface area (Å²) < 4.78 is 27.3. The van der Waals surface area contributed by atoms with Gasteiger partial charge >= 0.3 is 0 Å². The lowest BCUT2D eigenvalue weighted by Crippen LogP contribution is -2.43. The number of hydrogen-bond donors (Lipinski definition) is 1. The number of morpholine rings is 1. The van der Waals surface area contributed by atoms with Gasteiger partial charge in [0.1, 0.15) is 11.6 Å². The molecule has 0 radical (unpaired) electrons. The molecule has 1 saturated heterocycles. The summed E-state index contributed by atoms with van der Waals surface area (Å²) in [6, 6.07) is 12.3. The summed E-state index contributed by atoms with van der Waals surface area (Å²) in [4.78, 5) is 26.7. The second-order valence-electron chi connectivity index (χ2n) is 7.96. The molecule has 0 aromatic heterocycles. The predicted octanol–water partition coefficient (Wildman–Crippen LogP) is 2.27. The van der Waals surface area contributed by atoms with Crippen LogP contribution in [0.25, 0.3) is 6.08 Å². The third-order valence-corrected chi connectivity index (χ3v) is 5.55. The number of ether oxygens (including phenoxy) is 5. The zero-order valence-electron chi connectivity index (χ0n) is 20.0.